The average molecular weight is 367 g/mol. The second-order valence-corrected chi connectivity index (χ2v) is 7.08. The van der Waals surface area contributed by atoms with Gasteiger partial charge in [0, 0.05) is 25.4 Å². The number of para-hydroxylation sites is 2. The number of ether oxygens (including phenoxy) is 1. The van der Waals surface area contributed by atoms with Gasteiger partial charge in [0.1, 0.15) is 5.82 Å². The summed E-state index contributed by atoms with van der Waals surface area (Å²) in [6.07, 6.45) is 6.54. The molecular formula is C20H25N5O2. The first-order valence-corrected chi connectivity index (χ1v) is 9.39. The maximum absolute atomic E-state index is 11.3. The second kappa shape index (κ2) is 7.52. The van der Waals surface area contributed by atoms with Crippen molar-refractivity contribution in [3.05, 3.63) is 48.0 Å². The molecule has 1 aliphatic heterocycles. The number of likely N-dealkylation sites (tertiary alicyclic amines) is 1. The van der Waals surface area contributed by atoms with Crippen molar-refractivity contribution in [3.8, 4) is 0 Å². The number of imidazole rings is 1. The highest BCUT2D eigenvalue weighted by molar-refractivity contribution is 5.75. The molecule has 142 valence electrons. The highest BCUT2D eigenvalue weighted by Crippen LogP contribution is 2.33. The van der Waals surface area contributed by atoms with E-state index in [9.17, 15) is 4.79 Å². The Morgan fingerprint density at radius 3 is 3.00 bits per heavy atom. The first-order valence-electron chi connectivity index (χ1n) is 9.39. The fourth-order valence-electron chi connectivity index (χ4n) is 3.92. The lowest BCUT2D eigenvalue weighted by molar-refractivity contribution is -0.140. The normalized spacial score (nSPS) is 17.6. The molecule has 3 aromatic rings. The smallest absolute Gasteiger partial charge is 0.307 e. The van der Waals surface area contributed by atoms with Gasteiger partial charge in [-0.3, -0.25) is 14.4 Å². The van der Waals surface area contributed by atoms with Gasteiger partial charge in [0.15, 0.2) is 0 Å². The van der Waals surface area contributed by atoms with Crippen LogP contribution in [0.4, 0.5) is 0 Å². The minimum absolute atomic E-state index is 0.214. The van der Waals surface area contributed by atoms with E-state index in [4.69, 9.17) is 4.98 Å². The van der Waals surface area contributed by atoms with Gasteiger partial charge < -0.3 is 9.30 Å². The number of carbonyl (C=O) groups is 1. The van der Waals surface area contributed by atoms with E-state index in [1.165, 1.54) is 19.0 Å². The van der Waals surface area contributed by atoms with Crippen LogP contribution in [0, 0.1) is 0 Å². The molecule has 0 saturated carbocycles. The van der Waals surface area contributed by atoms with Gasteiger partial charge in [-0.15, -0.1) is 0 Å². The predicted molar refractivity (Wildman–Crippen MR) is 102 cm³/mol. The Balaban J connectivity index is 1.48. The topological polar surface area (TPSA) is 65.2 Å². The molecule has 1 unspecified atom stereocenters. The first kappa shape index (κ1) is 17.7. The summed E-state index contributed by atoms with van der Waals surface area (Å²) >= 11 is 0. The number of fused-ring (bicyclic) bond motifs is 1. The summed E-state index contributed by atoms with van der Waals surface area (Å²) in [7, 11) is 3.51. The van der Waals surface area contributed by atoms with Crippen LogP contribution in [0.25, 0.3) is 11.0 Å². The number of rotatable bonds is 6. The van der Waals surface area contributed by atoms with Crippen LogP contribution in [0.5, 0.6) is 0 Å². The van der Waals surface area contributed by atoms with E-state index in [0.29, 0.717) is 19.0 Å². The molecule has 2 aromatic heterocycles. The number of aromatic nitrogens is 4. The minimum Gasteiger partial charge on any atom is -0.469 e. The van der Waals surface area contributed by atoms with Gasteiger partial charge in [0.2, 0.25) is 0 Å². The Morgan fingerprint density at radius 2 is 2.19 bits per heavy atom. The van der Waals surface area contributed by atoms with E-state index < -0.39 is 0 Å². The summed E-state index contributed by atoms with van der Waals surface area (Å²) < 4.78 is 8.72. The maximum Gasteiger partial charge on any atom is 0.307 e. The van der Waals surface area contributed by atoms with Crippen molar-refractivity contribution in [1.82, 2.24) is 24.2 Å². The second-order valence-electron chi connectivity index (χ2n) is 7.08. The van der Waals surface area contributed by atoms with Crippen molar-refractivity contribution in [1.29, 1.82) is 0 Å². The zero-order valence-corrected chi connectivity index (χ0v) is 15.8. The molecule has 0 bridgehead atoms. The van der Waals surface area contributed by atoms with Gasteiger partial charge in [-0.25, -0.2) is 4.98 Å². The Bertz CT molecular complexity index is 945. The summed E-state index contributed by atoms with van der Waals surface area (Å²) in [5, 5.41) is 4.38. The van der Waals surface area contributed by atoms with E-state index in [2.05, 4.69) is 44.5 Å². The molecule has 1 aromatic carbocycles. The standard InChI is InChI=1S/C20H25N5O2/c1-23-17-7-4-3-6-16(17)22-20(23)18-8-5-10-24(18)13-15-12-21-25(14-15)11-9-19(26)27-2/h3-4,6-7,12,14,18H,5,8-11,13H2,1-2H3. The summed E-state index contributed by atoms with van der Waals surface area (Å²) in [5.41, 5.74) is 3.39. The molecule has 0 amide bonds. The lowest BCUT2D eigenvalue weighted by Gasteiger charge is -2.23. The van der Waals surface area contributed by atoms with Gasteiger partial charge in [-0.1, -0.05) is 12.1 Å². The van der Waals surface area contributed by atoms with Crippen LogP contribution in [0.15, 0.2) is 36.7 Å². The Morgan fingerprint density at radius 1 is 1.33 bits per heavy atom. The molecule has 0 radical (unpaired) electrons. The number of nitrogens with zero attached hydrogens (tertiary/aromatic N) is 5. The highest BCUT2D eigenvalue weighted by Gasteiger charge is 2.30. The molecule has 0 spiro atoms. The molecule has 0 aliphatic carbocycles. The summed E-state index contributed by atoms with van der Waals surface area (Å²) in [4.78, 5) is 18.7. The maximum atomic E-state index is 11.3. The van der Waals surface area contributed by atoms with Gasteiger partial charge in [-0.2, -0.15) is 5.10 Å². The minimum atomic E-state index is -0.214. The molecule has 1 atom stereocenters. The van der Waals surface area contributed by atoms with Crippen molar-refractivity contribution in [3.63, 3.8) is 0 Å². The zero-order chi connectivity index (χ0) is 18.8. The number of carbonyl (C=O) groups excluding carboxylic acids is 1. The molecule has 0 N–H and O–H groups in total. The van der Waals surface area contributed by atoms with Gasteiger partial charge in [0.25, 0.3) is 0 Å². The number of hydrogen-bond acceptors (Lipinski definition) is 5. The SMILES string of the molecule is COC(=O)CCn1cc(CN2CCCC2c2nc3ccccc3n2C)cn1. The van der Waals surface area contributed by atoms with Crippen molar-refractivity contribution < 1.29 is 9.53 Å². The van der Waals surface area contributed by atoms with Crippen LogP contribution in [-0.2, 0) is 29.7 Å². The van der Waals surface area contributed by atoms with Crippen molar-refractivity contribution in [2.75, 3.05) is 13.7 Å². The number of methoxy groups -OCH3 is 1. The molecule has 7 nitrogen and oxygen atoms in total. The van der Waals surface area contributed by atoms with Crippen molar-refractivity contribution in [2.45, 2.75) is 38.4 Å². The van der Waals surface area contributed by atoms with E-state index in [-0.39, 0.29) is 5.97 Å². The van der Waals surface area contributed by atoms with E-state index in [1.54, 1.807) is 0 Å². The number of benzene rings is 1. The average Bonchev–Trinajstić information content (AvgIpc) is 3.40. The number of hydrogen-bond donors (Lipinski definition) is 0. The van der Waals surface area contributed by atoms with Crippen LogP contribution < -0.4 is 0 Å². The lowest BCUT2D eigenvalue weighted by Crippen LogP contribution is -2.24. The molecule has 7 heteroatoms. The monoisotopic (exact) mass is 367 g/mol. The summed E-state index contributed by atoms with van der Waals surface area (Å²) in [6.45, 7) is 2.44. The summed E-state index contributed by atoms with van der Waals surface area (Å²) in [5.74, 6) is 0.917. The lowest BCUT2D eigenvalue weighted by atomic mass is 10.2. The number of aryl methyl sites for hydroxylation is 2. The zero-order valence-electron chi connectivity index (χ0n) is 15.8. The van der Waals surface area contributed by atoms with E-state index in [0.717, 1.165) is 36.4 Å². The van der Waals surface area contributed by atoms with Crippen LogP contribution >= 0.6 is 0 Å². The van der Waals surface area contributed by atoms with Crippen LogP contribution in [0.2, 0.25) is 0 Å². The van der Waals surface area contributed by atoms with Crippen LogP contribution in [0.1, 0.15) is 36.7 Å². The molecule has 1 fully saturated rings. The third-order valence-electron chi connectivity index (χ3n) is 5.33. The van der Waals surface area contributed by atoms with Gasteiger partial charge in [-0.05, 0) is 31.5 Å². The predicted octanol–water partition coefficient (Wildman–Crippen LogP) is 2.67. The van der Waals surface area contributed by atoms with E-state index in [1.807, 2.05) is 23.1 Å². The fraction of sp³-hybridized carbons (Fsp3) is 0.450. The van der Waals surface area contributed by atoms with Crippen LogP contribution in [0.3, 0.4) is 0 Å². The molecule has 27 heavy (non-hydrogen) atoms. The third-order valence-corrected chi connectivity index (χ3v) is 5.33. The van der Waals surface area contributed by atoms with E-state index >= 15 is 0 Å². The molecule has 1 aliphatic rings. The molecule has 4 rings (SSSR count). The van der Waals surface area contributed by atoms with Crippen molar-refractivity contribution >= 4 is 17.0 Å². The van der Waals surface area contributed by atoms with Gasteiger partial charge in [0.05, 0.1) is 43.3 Å². The third kappa shape index (κ3) is 3.60. The Hall–Kier alpha value is -2.67. The largest absolute Gasteiger partial charge is 0.469 e. The fourth-order valence-corrected chi connectivity index (χ4v) is 3.92. The molecule has 1 saturated heterocycles. The summed E-state index contributed by atoms with van der Waals surface area (Å²) in [6, 6.07) is 8.61. The highest BCUT2D eigenvalue weighted by atomic mass is 16.5. The first-order chi connectivity index (χ1) is 13.2. The Labute approximate surface area is 158 Å². The Kier molecular flexibility index (Phi) is 4.94. The number of esters is 1. The van der Waals surface area contributed by atoms with Crippen molar-refractivity contribution in [2.24, 2.45) is 7.05 Å². The van der Waals surface area contributed by atoms with Crippen LogP contribution in [-0.4, -0.2) is 43.9 Å². The van der Waals surface area contributed by atoms with Gasteiger partial charge >= 0.3 is 5.97 Å². The molecular weight excluding hydrogens is 342 g/mol. The molecule has 3 heterocycles. The quantitative estimate of drug-likeness (QED) is 0.627.